The third-order valence-electron chi connectivity index (χ3n) is 4.13. The molecule has 1 amide bonds. The summed E-state index contributed by atoms with van der Waals surface area (Å²) in [6.07, 6.45) is 4.37. The van der Waals surface area contributed by atoms with Crippen LogP contribution in [0.1, 0.15) is 32.6 Å². The van der Waals surface area contributed by atoms with E-state index in [2.05, 4.69) is 0 Å². The van der Waals surface area contributed by atoms with Crippen LogP contribution in [0.25, 0.3) is 0 Å². The van der Waals surface area contributed by atoms with Gasteiger partial charge in [-0.1, -0.05) is 19.8 Å². The van der Waals surface area contributed by atoms with Crippen LogP contribution in [-0.2, 0) is 14.3 Å². The lowest BCUT2D eigenvalue weighted by Crippen LogP contribution is -2.34. The summed E-state index contributed by atoms with van der Waals surface area (Å²) >= 11 is 0. The standard InChI is InChI=1S/C13H21NO3/c1-9-7-14(8-11(9)13(16)17-2)12(15)10-5-3-4-6-10/h9-11H,3-8H2,1-2H3. The smallest absolute Gasteiger partial charge is 0.310 e. The molecule has 96 valence electrons. The molecule has 1 heterocycles. The fraction of sp³-hybridized carbons (Fsp3) is 0.846. The Bertz CT molecular complexity index is 310. The second-order valence-electron chi connectivity index (χ2n) is 5.33. The van der Waals surface area contributed by atoms with E-state index in [-0.39, 0.29) is 29.6 Å². The molecular weight excluding hydrogens is 218 g/mol. The molecule has 1 saturated heterocycles. The lowest BCUT2D eigenvalue weighted by atomic mass is 9.99. The Kier molecular flexibility index (Phi) is 3.69. The normalized spacial score (nSPS) is 29.6. The Labute approximate surface area is 102 Å². The van der Waals surface area contributed by atoms with Crippen LogP contribution in [0, 0.1) is 17.8 Å². The van der Waals surface area contributed by atoms with Gasteiger partial charge in [-0.05, 0) is 18.8 Å². The molecule has 17 heavy (non-hydrogen) atoms. The van der Waals surface area contributed by atoms with Gasteiger partial charge in [0.15, 0.2) is 0 Å². The maximum absolute atomic E-state index is 12.2. The average molecular weight is 239 g/mol. The molecule has 0 bridgehead atoms. The van der Waals surface area contributed by atoms with Gasteiger partial charge in [-0.2, -0.15) is 0 Å². The van der Waals surface area contributed by atoms with Gasteiger partial charge in [-0.25, -0.2) is 0 Å². The second-order valence-corrected chi connectivity index (χ2v) is 5.33. The first-order chi connectivity index (χ1) is 8.13. The van der Waals surface area contributed by atoms with E-state index in [4.69, 9.17) is 4.74 Å². The minimum atomic E-state index is -0.181. The molecular formula is C13H21NO3. The minimum Gasteiger partial charge on any atom is -0.469 e. The van der Waals surface area contributed by atoms with Gasteiger partial charge in [0.1, 0.15) is 0 Å². The van der Waals surface area contributed by atoms with Crippen molar-refractivity contribution in [2.75, 3.05) is 20.2 Å². The average Bonchev–Trinajstić information content (AvgIpc) is 2.96. The van der Waals surface area contributed by atoms with E-state index < -0.39 is 0 Å². The highest BCUT2D eigenvalue weighted by molar-refractivity contribution is 5.81. The largest absolute Gasteiger partial charge is 0.469 e. The molecule has 2 atom stereocenters. The first kappa shape index (κ1) is 12.4. The summed E-state index contributed by atoms with van der Waals surface area (Å²) in [5.74, 6) is 0.358. The highest BCUT2D eigenvalue weighted by Gasteiger charge is 2.39. The molecule has 0 spiro atoms. The highest BCUT2D eigenvalue weighted by Crippen LogP contribution is 2.31. The Balaban J connectivity index is 1.95. The van der Waals surface area contributed by atoms with E-state index in [1.165, 1.54) is 20.0 Å². The zero-order valence-corrected chi connectivity index (χ0v) is 10.6. The van der Waals surface area contributed by atoms with Crippen LogP contribution in [-0.4, -0.2) is 37.0 Å². The molecule has 0 aromatic carbocycles. The van der Waals surface area contributed by atoms with Gasteiger partial charge in [0.25, 0.3) is 0 Å². The molecule has 0 N–H and O–H groups in total. The molecule has 2 aliphatic rings. The molecule has 2 fully saturated rings. The summed E-state index contributed by atoms with van der Waals surface area (Å²) in [5.41, 5.74) is 0. The fourth-order valence-corrected chi connectivity index (χ4v) is 3.04. The molecule has 4 nitrogen and oxygen atoms in total. The Morgan fingerprint density at radius 1 is 1.18 bits per heavy atom. The maximum atomic E-state index is 12.2. The van der Waals surface area contributed by atoms with Gasteiger partial charge >= 0.3 is 5.97 Å². The third-order valence-corrected chi connectivity index (χ3v) is 4.13. The summed E-state index contributed by atoms with van der Waals surface area (Å²) in [4.78, 5) is 25.6. The monoisotopic (exact) mass is 239 g/mol. The van der Waals surface area contributed by atoms with Crippen LogP contribution in [0.5, 0.6) is 0 Å². The van der Waals surface area contributed by atoms with Crippen LogP contribution in [0.4, 0.5) is 0 Å². The number of carbonyl (C=O) groups excluding carboxylic acids is 2. The highest BCUT2D eigenvalue weighted by atomic mass is 16.5. The number of ether oxygens (including phenoxy) is 1. The van der Waals surface area contributed by atoms with Gasteiger partial charge < -0.3 is 9.64 Å². The van der Waals surface area contributed by atoms with Crippen LogP contribution >= 0.6 is 0 Å². The first-order valence-corrected chi connectivity index (χ1v) is 6.50. The maximum Gasteiger partial charge on any atom is 0.310 e. The van der Waals surface area contributed by atoms with Crippen molar-refractivity contribution in [2.24, 2.45) is 17.8 Å². The van der Waals surface area contributed by atoms with Crippen molar-refractivity contribution in [3.8, 4) is 0 Å². The van der Waals surface area contributed by atoms with Crippen molar-refractivity contribution in [3.63, 3.8) is 0 Å². The van der Waals surface area contributed by atoms with Crippen molar-refractivity contribution in [1.82, 2.24) is 4.90 Å². The number of rotatable bonds is 2. The number of hydrogen-bond acceptors (Lipinski definition) is 3. The zero-order valence-electron chi connectivity index (χ0n) is 10.6. The predicted octanol–water partition coefficient (Wildman–Crippen LogP) is 1.44. The molecule has 1 aliphatic carbocycles. The number of likely N-dealkylation sites (tertiary alicyclic amines) is 1. The summed E-state index contributed by atoms with van der Waals surface area (Å²) in [6.45, 7) is 3.27. The quantitative estimate of drug-likeness (QED) is 0.685. The number of nitrogens with zero attached hydrogens (tertiary/aromatic N) is 1. The number of esters is 1. The van der Waals surface area contributed by atoms with Crippen LogP contribution in [0.3, 0.4) is 0 Å². The molecule has 1 aliphatic heterocycles. The second kappa shape index (κ2) is 5.07. The fourth-order valence-electron chi connectivity index (χ4n) is 3.04. The predicted molar refractivity (Wildman–Crippen MR) is 63.2 cm³/mol. The van der Waals surface area contributed by atoms with E-state index in [0.29, 0.717) is 13.1 Å². The van der Waals surface area contributed by atoms with E-state index in [9.17, 15) is 9.59 Å². The number of amides is 1. The Morgan fingerprint density at radius 3 is 2.41 bits per heavy atom. The van der Waals surface area contributed by atoms with Crippen LogP contribution in [0.15, 0.2) is 0 Å². The van der Waals surface area contributed by atoms with E-state index in [1.807, 2.05) is 11.8 Å². The molecule has 4 heteroatoms. The lowest BCUT2D eigenvalue weighted by molar-refractivity contribution is -0.146. The third kappa shape index (κ3) is 2.45. The molecule has 0 radical (unpaired) electrons. The number of hydrogen-bond donors (Lipinski definition) is 0. The molecule has 2 unspecified atom stereocenters. The van der Waals surface area contributed by atoms with Gasteiger partial charge in [-0.3, -0.25) is 9.59 Å². The van der Waals surface area contributed by atoms with Crippen molar-refractivity contribution in [1.29, 1.82) is 0 Å². The van der Waals surface area contributed by atoms with Crippen molar-refractivity contribution >= 4 is 11.9 Å². The van der Waals surface area contributed by atoms with Gasteiger partial charge in [0.05, 0.1) is 13.0 Å². The van der Waals surface area contributed by atoms with Crippen molar-refractivity contribution in [3.05, 3.63) is 0 Å². The first-order valence-electron chi connectivity index (χ1n) is 6.50. The van der Waals surface area contributed by atoms with Gasteiger partial charge in [-0.15, -0.1) is 0 Å². The summed E-state index contributed by atoms with van der Waals surface area (Å²) in [7, 11) is 1.41. The van der Waals surface area contributed by atoms with Crippen LogP contribution < -0.4 is 0 Å². The number of carbonyl (C=O) groups is 2. The zero-order chi connectivity index (χ0) is 12.4. The molecule has 1 saturated carbocycles. The SMILES string of the molecule is COC(=O)C1CN(C(=O)C2CCCC2)CC1C. The van der Waals surface area contributed by atoms with Crippen molar-refractivity contribution in [2.45, 2.75) is 32.6 Å². The summed E-state index contributed by atoms with van der Waals surface area (Å²) < 4.78 is 4.78. The Morgan fingerprint density at radius 2 is 1.82 bits per heavy atom. The van der Waals surface area contributed by atoms with Gasteiger partial charge in [0.2, 0.25) is 5.91 Å². The molecule has 0 aromatic heterocycles. The lowest BCUT2D eigenvalue weighted by Gasteiger charge is -2.20. The van der Waals surface area contributed by atoms with Gasteiger partial charge in [0, 0.05) is 19.0 Å². The van der Waals surface area contributed by atoms with E-state index in [1.54, 1.807) is 0 Å². The van der Waals surface area contributed by atoms with E-state index >= 15 is 0 Å². The van der Waals surface area contributed by atoms with Crippen molar-refractivity contribution < 1.29 is 14.3 Å². The Hall–Kier alpha value is -1.06. The summed E-state index contributed by atoms with van der Waals surface area (Å²) in [5, 5.41) is 0. The topological polar surface area (TPSA) is 46.6 Å². The molecule has 2 rings (SSSR count). The van der Waals surface area contributed by atoms with Crippen LogP contribution in [0.2, 0.25) is 0 Å². The minimum absolute atomic E-state index is 0.134. The molecule has 0 aromatic rings. The number of methoxy groups -OCH3 is 1. The summed E-state index contributed by atoms with van der Waals surface area (Å²) in [6, 6.07) is 0. The van der Waals surface area contributed by atoms with E-state index in [0.717, 1.165) is 12.8 Å².